The quantitative estimate of drug-likeness (QED) is 0.635. The second kappa shape index (κ2) is 9.30. The zero-order valence-corrected chi connectivity index (χ0v) is 22.9. The van der Waals surface area contributed by atoms with Gasteiger partial charge in [-0.1, -0.05) is 62.3 Å². The summed E-state index contributed by atoms with van der Waals surface area (Å²) in [4.78, 5) is 26.4. The Balaban J connectivity index is 2.08. The van der Waals surface area contributed by atoms with E-state index in [1.165, 1.54) is 16.8 Å². The van der Waals surface area contributed by atoms with Gasteiger partial charge in [-0.3, -0.25) is 14.3 Å². The molecule has 0 amide bonds. The Labute approximate surface area is 193 Å². The van der Waals surface area contributed by atoms with Crippen molar-refractivity contribution in [3.8, 4) is 0 Å². The van der Waals surface area contributed by atoms with Gasteiger partial charge in [0, 0.05) is 18.2 Å². The van der Waals surface area contributed by atoms with Crippen molar-refractivity contribution < 1.29 is 17.7 Å². The predicted octanol–water partition coefficient (Wildman–Crippen LogP) is 4.03. The van der Waals surface area contributed by atoms with Crippen LogP contribution in [0.5, 0.6) is 0 Å². The van der Waals surface area contributed by atoms with E-state index in [4.69, 9.17) is 17.7 Å². The fraction of sp³-hybridized carbons (Fsp3) is 0.818. The molecule has 0 aliphatic carbocycles. The number of aromatic nitrogens is 2. The van der Waals surface area contributed by atoms with Gasteiger partial charge in [0.05, 0.1) is 12.7 Å². The lowest BCUT2D eigenvalue weighted by Gasteiger charge is -2.51. The fourth-order valence-electron chi connectivity index (χ4n) is 5.28. The summed E-state index contributed by atoms with van der Waals surface area (Å²) in [5.41, 5.74) is 0.0381. The zero-order chi connectivity index (χ0) is 24.0. The summed E-state index contributed by atoms with van der Waals surface area (Å²) in [5, 5.41) is 0. The molecule has 0 unspecified atom stereocenters. The molecule has 3 rings (SSSR count). The first-order valence-electron chi connectivity index (χ1n) is 11.8. The molecule has 4 atom stereocenters. The number of H-pyrrole nitrogens is 1. The van der Waals surface area contributed by atoms with Crippen molar-refractivity contribution in [3.05, 3.63) is 33.1 Å². The Morgan fingerprint density at radius 1 is 0.969 bits per heavy atom. The summed E-state index contributed by atoms with van der Waals surface area (Å²) < 4.78 is 28.9. The summed E-state index contributed by atoms with van der Waals surface area (Å²) >= 11 is 0. The van der Waals surface area contributed by atoms with E-state index >= 15 is 0 Å². The molecule has 0 radical (unpaired) electrons. The third-order valence-electron chi connectivity index (χ3n) is 7.11. The first kappa shape index (κ1) is 25.6. The molecule has 10 heteroatoms. The van der Waals surface area contributed by atoms with Gasteiger partial charge in [-0.2, -0.15) is 0 Å². The van der Waals surface area contributed by atoms with Crippen LogP contribution >= 0.6 is 0 Å². The average molecular weight is 485 g/mol. The Bertz CT molecular complexity index is 896. The lowest BCUT2D eigenvalue weighted by Crippen LogP contribution is -2.65. The minimum atomic E-state index is -2.75. The maximum Gasteiger partial charge on any atom is 0.335 e. The van der Waals surface area contributed by atoms with Crippen LogP contribution in [0.15, 0.2) is 21.9 Å². The van der Waals surface area contributed by atoms with Crippen molar-refractivity contribution in [2.45, 2.75) is 103 Å². The van der Waals surface area contributed by atoms with Crippen LogP contribution < -0.4 is 11.2 Å². The lowest BCUT2D eigenvalue weighted by atomic mass is 10.0. The van der Waals surface area contributed by atoms with E-state index in [2.05, 4.69) is 60.4 Å². The molecule has 0 spiro atoms. The van der Waals surface area contributed by atoms with Gasteiger partial charge in [-0.25, -0.2) is 4.79 Å². The highest BCUT2D eigenvalue weighted by Crippen LogP contribution is 2.49. The van der Waals surface area contributed by atoms with Gasteiger partial charge in [-0.05, 0) is 22.2 Å². The Hall–Kier alpha value is -1.05. The highest BCUT2D eigenvalue weighted by Gasteiger charge is 2.61. The average Bonchev–Trinajstić information content (AvgIpc) is 2.96. The molecule has 1 aromatic rings. The minimum absolute atomic E-state index is 0.118. The molecule has 2 aliphatic heterocycles. The molecule has 2 fully saturated rings. The molecule has 0 aromatic carbocycles. The van der Waals surface area contributed by atoms with Crippen LogP contribution in [0.1, 0.15) is 68.5 Å². The van der Waals surface area contributed by atoms with Crippen molar-refractivity contribution in [1.29, 1.82) is 0 Å². The van der Waals surface area contributed by atoms with Crippen molar-refractivity contribution in [2.24, 2.45) is 5.92 Å². The van der Waals surface area contributed by atoms with Crippen molar-refractivity contribution in [3.63, 3.8) is 0 Å². The topological polar surface area (TPSA) is 91.8 Å². The third-order valence-corrected chi connectivity index (χ3v) is 17.4. The molecule has 0 saturated carbocycles. The smallest absolute Gasteiger partial charge is 0.335 e. The van der Waals surface area contributed by atoms with Gasteiger partial charge in [0.15, 0.2) is 0 Å². The largest absolute Gasteiger partial charge is 0.414 e. The normalized spacial score (nSPS) is 30.0. The second-order valence-corrected chi connectivity index (χ2v) is 19.3. The number of nitrogens with one attached hydrogen (secondary N) is 1. The summed E-state index contributed by atoms with van der Waals surface area (Å²) in [6, 6.07) is 1.34. The Morgan fingerprint density at radius 3 is 2.03 bits per heavy atom. The number of rotatable bonds is 5. The molecular weight excluding hydrogens is 444 g/mol. The summed E-state index contributed by atoms with van der Waals surface area (Å²) in [6.45, 7) is 19.9. The van der Waals surface area contributed by atoms with Crippen LogP contribution in [0.4, 0.5) is 0 Å². The molecule has 182 valence electrons. The van der Waals surface area contributed by atoms with E-state index in [0.717, 1.165) is 0 Å². The van der Waals surface area contributed by atoms with E-state index in [-0.39, 0.29) is 40.3 Å². The molecular formula is C22H40N2O6Si2. The maximum atomic E-state index is 12.5. The van der Waals surface area contributed by atoms with Gasteiger partial charge in [-0.15, -0.1) is 0 Å². The Morgan fingerprint density at radius 2 is 1.53 bits per heavy atom. The Kier molecular flexibility index (Phi) is 7.44. The van der Waals surface area contributed by atoms with Crippen molar-refractivity contribution in [2.75, 3.05) is 6.61 Å². The zero-order valence-electron chi connectivity index (χ0n) is 20.9. The maximum absolute atomic E-state index is 12.5. The van der Waals surface area contributed by atoms with E-state index < -0.39 is 34.6 Å². The molecule has 1 N–H and O–H groups in total. The first-order valence-corrected chi connectivity index (χ1v) is 15.8. The van der Waals surface area contributed by atoms with E-state index in [9.17, 15) is 9.59 Å². The molecule has 32 heavy (non-hydrogen) atoms. The van der Waals surface area contributed by atoms with Crippen LogP contribution in [-0.4, -0.2) is 45.5 Å². The van der Waals surface area contributed by atoms with Gasteiger partial charge in [0.2, 0.25) is 0 Å². The van der Waals surface area contributed by atoms with Crippen LogP contribution in [0.3, 0.4) is 0 Å². The molecule has 8 nitrogen and oxygen atoms in total. The standard InChI is InChI=1S/C22H40N2O6Si2/c1-13(2)31(14(3)4)27-12-18-20(29-32(30-31,15(5)6)16(7)8)17(9)21(28-18)24-11-10-19(25)23-22(24)26/h10-11,13-18,20-21H,12H2,1-9H3,(H,23,25,26)/t17-,18+,20+,21+/m0/s1. The van der Waals surface area contributed by atoms with E-state index in [1.54, 1.807) is 0 Å². The summed E-state index contributed by atoms with van der Waals surface area (Å²) in [7, 11) is -5.39. The van der Waals surface area contributed by atoms with Gasteiger partial charge < -0.3 is 17.7 Å². The highest BCUT2D eigenvalue weighted by atomic mass is 28.5. The van der Waals surface area contributed by atoms with Gasteiger partial charge >= 0.3 is 22.8 Å². The van der Waals surface area contributed by atoms with E-state index in [0.29, 0.717) is 6.61 Å². The van der Waals surface area contributed by atoms with Crippen LogP contribution in [0.2, 0.25) is 22.2 Å². The molecule has 3 heterocycles. The molecule has 2 aliphatic rings. The number of aromatic amines is 1. The number of hydrogen-bond donors (Lipinski definition) is 1. The van der Waals surface area contributed by atoms with Crippen LogP contribution in [0, 0.1) is 5.92 Å². The molecule has 0 bridgehead atoms. The minimum Gasteiger partial charge on any atom is -0.414 e. The van der Waals surface area contributed by atoms with E-state index in [1.807, 2.05) is 6.92 Å². The third kappa shape index (κ3) is 4.25. The number of fused-ring (bicyclic) bond motifs is 1. The monoisotopic (exact) mass is 484 g/mol. The number of nitrogens with zero attached hydrogens (tertiary/aromatic N) is 1. The van der Waals surface area contributed by atoms with Crippen LogP contribution in [0.25, 0.3) is 0 Å². The number of hydrogen-bond acceptors (Lipinski definition) is 6. The second-order valence-electron chi connectivity index (χ2n) is 10.5. The highest BCUT2D eigenvalue weighted by molar-refractivity contribution is 6.83. The number of ether oxygens (including phenoxy) is 1. The predicted molar refractivity (Wildman–Crippen MR) is 128 cm³/mol. The fourth-order valence-corrected chi connectivity index (χ4v) is 16.6. The lowest BCUT2D eigenvalue weighted by molar-refractivity contribution is -0.0572. The van der Waals surface area contributed by atoms with Crippen molar-refractivity contribution >= 4 is 17.1 Å². The van der Waals surface area contributed by atoms with Gasteiger partial charge in [0.1, 0.15) is 12.3 Å². The SMILES string of the molecule is CC(C)[Si]1(C(C)C)OC[C@H]2O[C@@H](n3ccc(=O)[nH]c3=O)[C@@H](C)[C@H]2O[Si](C(C)C)(C(C)C)O1. The van der Waals surface area contributed by atoms with Crippen molar-refractivity contribution in [1.82, 2.24) is 9.55 Å². The summed E-state index contributed by atoms with van der Waals surface area (Å²) in [5.74, 6) is -0.118. The van der Waals surface area contributed by atoms with Gasteiger partial charge in [0.25, 0.3) is 5.56 Å². The molecule has 2 saturated heterocycles. The summed E-state index contributed by atoms with van der Waals surface area (Å²) in [6.07, 6.45) is 0.375. The first-order chi connectivity index (χ1) is 14.9. The van der Waals surface area contributed by atoms with Crippen LogP contribution in [-0.2, 0) is 17.7 Å². The molecule has 1 aromatic heterocycles.